The van der Waals surface area contributed by atoms with Gasteiger partial charge in [-0.1, -0.05) is 23.7 Å². The Balaban J connectivity index is 1.72. The highest BCUT2D eigenvalue weighted by Crippen LogP contribution is 2.18. The Kier molecular flexibility index (Phi) is 4.28. The van der Waals surface area contributed by atoms with E-state index in [9.17, 15) is 4.79 Å². The van der Waals surface area contributed by atoms with Crippen molar-refractivity contribution in [3.05, 3.63) is 41.1 Å². The summed E-state index contributed by atoms with van der Waals surface area (Å²) in [5.41, 5.74) is 4.44. The van der Waals surface area contributed by atoms with Gasteiger partial charge in [-0.15, -0.1) is 0 Å². The molecule has 5 nitrogen and oxygen atoms in total. The number of hydrogen-bond donors (Lipinski definition) is 1. The molecule has 1 atom stereocenters. The zero-order valence-electron chi connectivity index (χ0n) is 13.7. The number of amides is 1. The normalized spacial score (nSPS) is 17.0. The number of fused-ring (bicyclic) bond motifs is 1. The highest BCUT2D eigenvalue weighted by Gasteiger charge is 2.21. The number of oxime groups is 1. The SMILES string of the molecule is CCC1=NO[C@@H](CNC(=O)c2cc3cc(C)ccc3nc2C)C1. The minimum Gasteiger partial charge on any atom is -0.390 e. The van der Waals surface area contributed by atoms with Gasteiger partial charge in [0.1, 0.15) is 6.10 Å². The highest BCUT2D eigenvalue weighted by atomic mass is 16.6. The molecule has 0 unspecified atom stereocenters. The van der Waals surface area contributed by atoms with Gasteiger partial charge in [-0.25, -0.2) is 0 Å². The van der Waals surface area contributed by atoms with Crippen LogP contribution in [0.2, 0.25) is 0 Å². The van der Waals surface area contributed by atoms with E-state index < -0.39 is 0 Å². The molecule has 0 spiro atoms. The Hall–Kier alpha value is -2.43. The fraction of sp³-hybridized carbons (Fsp3) is 0.389. The maximum Gasteiger partial charge on any atom is 0.253 e. The number of rotatable bonds is 4. The maximum atomic E-state index is 12.5. The van der Waals surface area contributed by atoms with Crippen molar-refractivity contribution in [3.8, 4) is 0 Å². The summed E-state index contributed by atoms with van der Waals surface area (Å²) in [7, 11) is 0. The molecule has 1 aromatic heterocycles. The van der Waals surface area contributed by atoms with Crippen molar-refractivity contribution in [2.45, 2.75) is 39.7 Å². The molecule has 1 aromatic carbocycles. The number of pyridine rings is 1. The summed E-state index contributed by atoms with van der Waals surface area (Å²) in [5, 5.41) is 7.92. The molecule has 0 fully saturated rings. The predicted octanol–water partition coefficient (Wildman–Crippen LogP) is 3.14. The van der Waals surface area contributed by atoms with Crippen LogP contribution >= 0.6 is 0 Å². The molecular formula is C18H21N3O2. The van der Waals surface area contributed by atoms with E-state index in [2.05, 4.69) is 22.4 Å². The average Bonchev–Trinajstić information content (AvgIpc) is 3.00. The van der Waals surface area contributed by atoms with Crippen LogP contribution in [-0.4, -0.2) is 29.3 Å². The fourth-order valence-electron chi connectivity index (χ4n) is 2.73. The van der Waals surface area contributed by atoms with Crippen molar-refractivity contribution in [1.82, 2.24) is 10.3 Å². The van der Waals surface area contributed by atoms with E-state index in [1.54, 1.807) is 0 Å². The Labute approximate surface area is 135 Å². The molecule has 0 saturated carbocycles. The lowest BCUT2D eigenvalue weighted by Gasteiger charge is -2.12. The molecule has 1 N–H and O–H groups in total. The molecule has 0 bridgehead atoms. The molecule has 1 amide bonds. The summed E-state index contributed by atoms with van der Waals surface area (Å²) in [6.45, 7) is 6.40. The number of benzene rings is 1. The van der Waals surface area contributed by atoms with Crippen molar-refractivity contribution in [1.29, 1.82) is 0 Å². The molecule has 2 heterocycles. The minimum atomic E-state index is -0.119. The van der Waals surface area contributed by atoms with Gasteiger partial charge < -0.3 is 10.2 Å². The first-order valence-electron chi connectivity index (χ1n) is 7.94. The molecule has 1 aliphatic heterocycles. The first-order chi connectivity index (χ1) is 11.1. The van der Waals surface area contributed by atoms with E-state index >= 15 is 0 Å². The largest absolute Gasteiger partial charge is 0.390 e. The van der Waals surface area contributed by atoms with E-state index in [1.165, 1.54) is 0 Å². The van der Waals surface area contributed by atoms with Crippen LogP contribution < -0.4 is 5.32 Å². The maximum absolute atomic E-state index is 12.5. The Bertz CT molecular complexity index is 783. The summed E-state index contributed by atoms with van der Waals surface area (Å²) in [6.07, 6.45) is 1.60. The Morgan fingerprint density at radius 2 is 2.17 bits per heavy atom. The van der Waals surface area contributed by atoms with Gasteiger partial charge in [-0.3, -0.25) is 9.78 Å². The highest BCUT2D eigenvalue weighted by molar-refractivity contribution is 5.98. The number of aryl methyl sites for hydroxylation is 2. The van der Waals surface area contributed by atoms with Gasteiger partial charge in [0.2, 0.25) is 0 Å². The molecule has 0 aliphatic carbocycles. The van der Waals surface area contributed by atoms with Gasteiger partial charge in [0, 0.05) is 11.8 Å². The van der Waals surface area contributed by atoms with Gasteiger partial charge in [-0.2, -0.15) is 0 Å². The summed E-state index contributed by atoms with van der Waals surface area (Å²) in [5.74, 6) is -0.119. The monoisotopic (exact) mass is 311 g/mol. The van der Waals surface area contributed by atoms with Crippen LogP contribution in [0.25, 0.3) is 10.9 Å². The van der Waals surface area contributed by atoms with E-state index in [0.29, 0.717) is 12.1 Å². The third-order valence-corrected chi connectivity index (χ3v) is 4.10. The number of aromatic nitrogens is 1. The molecule has 0 radical (unpaired) electrons. The second-order valence-corrected chi connectivity index (χ2v) is 5.97. The van der Waals surface area contributed by atoms with Gasteiger partial charge >= 0.3 is 0 Å². The van der Waals surface area contributed by atoms with Crippen LogP contribution in [0.4, 0.5) is 0 Å². The lowest BCUT2D eigenvalue weighted by atomic mass is 10.1. The van der Waals surface area contributed by atoms with E-state index in [-0.39, 0.29) is 12.0 Å². The van der Waals surface area contributed by atoms with Gasteiger partial charge in [0.15, 0.2) is 0 Å². The predicted molar refractivity (Wildman–Crippen MR) is 90.8 cm³/mol. The van der Waals surface area contributed by atoms with Crippen molar-refractivity contribution in [2.24, 2.45) is 5.16 Å². The van der Waals surface area contributed by atoms with Crippen LogP contribution in [0.1, 0.15) is 41.4 Å². The second-order valence-electron chi connectivity index (χ2n) is 5.97. The summed E-state index contributed by atoms with van der Waals surface area (Å²) in [6, 6.07) is 7.95. The first kappa shape index (κ1) is 15.5. The van der Waals surface area contributed by atoms with E-state index in [1.807, 2.05) is 38.1 Å². The standard InChI is InChI=1S/C18H21N3O2/c1-4-14-9-15(23-21-14)10-19-18(22)16-8-13-7-11(2)5-6-17(13)20-12(16)3/h5-8,15H,4,9-10H2,1-3H3,(H,19,22)/t15-/m1/s1. The lowest BCUT2D eigenvalue weighted by Crippen LogP contribution is -2.32. The topological polar surface area (TPSA) is 63.6 Å². The zero-order chi connectivity index (χ0) is 16.4. The van der Waals surface area contributed by atoms with Crippen LogP contribution in [0.15, 0.2) is 29.4 Å². The number of nitrogens with one attached hydrogen (secondary N) is 1. The molecule has 5 heteroatoms. The number of nitrogens with zero attached hydrogens (tertiary/aromatic N) is 2. The molecule has 0 saturated heterocycles. The molecule has 3 rings (SSSR count). The molecule has 120 valence electrons. The molecular weight excluding hydrogens is 290 g/mol. The zero-order valence-corrected chi connectivity index (χ0v) is 13.7. The molecule has 23 heavy (non-hydrogen) atoms. The van der Waals surface area contributed by atoms with Crippen molar-refractivity contribution in [3.63, 3.8) is 0 Å². The van der Waals surface area contributed by atoms with Crippen molar-refractivity contribution < 1.29 is 9.63 Å². The first-order valence-corrected chi connectivity index (χ1v) is 7.94. The van der Waals surface area contributed by atoms with Crippen molar-refractivity contribution in [2.75, 3.05) is 6.54 Å². The summed E-state index contributed by atoms with van der Waals surface area (Å²) < 4.78 is 0. The summed E-state index contributed by atoms with van der Waals surface area (Å²) in [4.78, 5) is 22.3. The van der Waals surface area contributed by atoms with Crippen LogP contribution in [0.3, 0.4) is 0 Å². The Morgan fingerprint density at radius 3 is 2.91 bits per heavy atom. The van der Waals surface area contributed by atoms with Crippen LogP contribution in [-0.2, 0) is 4.84 Å². The van der Waals surface area contributed by atoms with Gasteiger partial charge in [0.25, 0.3) is 5.91 Å². The lowest BCUT2D eigenvalue weighted by molar-refractivity contribution is 0.0753. The number of hydrogen-bond acceptors (Lipinski definition) is 4. The second kappa shape index (κ2) is 6.36. The van der Waals surface area contributed by atoms with Crippen molar-refractivity contribution >= 4 is 22.5 Å². The fourth-order valence-corrected chi connectivity index (χ4v) is 2.73. The third-order valence-electron chi connectivity index (χ3n) is 4.10. The average molecular weight is 311 g/mol. The quantitative estimate of drug-likeness (QED) is 0.943. The van der Waals surface area contributed by atoms with Crippen LogP contribution in [0, 0.1) is 13.8 Å². The van der Waals surface area contributed by atoms with Gasteiger partial charge in [0.05, 0.1) is 29.0 Å². The third kappa shape index (κ3) is 3.33. The van der Waals surface area contributed by atoms with E-state index in [4.69, 9.17) is 4.84 Å². The van der Waals surface area contributed by atoms with E-state index in [0.717, 1.165) is 40.7 Å². The van der Waals surface area contributed by atoms with Crippen LogP contribution in [0.5, 0.6) is 0 Å². The molecule has 1 aliphatic rings. The summed E-state index contributed by atoms with van der Waals surface area (Å²) >= 11 is 0. The minimum absolute atomic E-state index is 0.0649. The number of carbonyl (C=O) groups is 1. The number of carbonyl (C=O) groups excluding carboxylic acids is 1. The Morgan fingerprint density at radius 1 is 1.35 bits per heavy atom. The van der Waals surface area contributed by atoms with Gasteiger partial charge in [-0.05, 0) is 38.5 Å². The molecule has 2 aromatic rings. The smallest absolute Gasteiger partial charge is 0.253 e.